The summed E-state index contributed by atoms with van der Waals surface area (Å²) in [5.41, 5.74) is 0. The molecule has 0 fully saturated rings. The van der Waals surface area contributed by atoms with Crippen LogP contribution in [0.2, 0.25) is 0 Å². The molecule has 2 unspecified atom stereocenters. The van der Waals surface area contributed by atoms with Crippen LogP contribution in [-0.4, -0.2) is 47.4 Å². The van der Waals surface area contributed by atoms with Gasteiger partial charge in [-0.3, -0.25) is 9.59 Å². The number of amides is 1. The summed E-state index contributed by atoms with van der Waals surface area (Å²) in [6.45, 7) is 5.00. The molecule has 0 aromatic carbocycles. The number of hydrogen-bond donors (Lipinski definition) is 3. The minimum Gasteiger partial charge on any atom is -0.466 e. The molecule has 0 heterocycles. The predicted octanol–water partition coefficient (Wildman–Crippen LogP) is 25.5. The first-order chi connectivity index (χ1) is 41.5. The van der Waals surface area contributed by atoms with Crippen LogP contribution in [0.1, 0.15) is 450 Å². The van der Waals surface area contributed by atoms with Gasteiger partial charge in [-0.15, -0.1) is 0 Å². The summed E-state index contributed by atoms with van der Waals surface area (Å²) >= 11 is 0. The lowest BCUT2D eigenvalue weighted by Crippen LogP contribution is -2.45. The van der Waals surface area contributed by atoms with Gasteiger partial charge in [-0.1, -0.05) is 398 Å². The van der Waals surface area contributed by atoms with E-state index in [0.29, 0.717) is 25.9 Å². The zero-order valence-electron chi connectivity index (χ0n) is 57.4. The summed E-state index contributed by atoms with van der Waals surface area (Å²) in [5.74, 6) is -0.00149. The zero-order valence-corrected chi connectivity index (χ0v) is 57.4. The maximum Gasteiger partial charge on any atom is 0.305 e. The Labute approximate surface area is 527 Å². The van der Waals surface area contributed by atoms with Gasteiger partial charge in [0.15, 0.2) is 0 Å². The lowest BCUT2D eigenvalue weighted by atomic mass is 10.0. The molecular weight excluding hydrogens is 1030 g/mol. The van der Waals surface area contributed by atoms with E-state index in [0.717, 1.165) is 38.5 Å². The van der Waals surface area contributed by atoms with E-state index in [1.165, 1.54) is 379 Å². The highest BCUT2D eigenvalue weighted by molar-refractivity contribution is 5.76. The fourth-order valence-electron chi connectivity index (χ4n) is 12.6. The van der Waals surface area contributed by atoms with Crippen LogP contribution < -0.4 is 5.32 Å². The maximum atomic E-state index is 12.5. The molecule has 0 spiro atoms. The number of carbonyl (C=O) groups is 2. The van der Waals surface area contributed by atoms with E-state index in [-0.39, 0.29) is 18.5 Å². The summed E-state index contributed by atoms with van der Waals surface area (Å²) in [6, 6.07) is -0.537. The molecule has 84 heavy (non-hydrogen) atoms. The first-order valence-electron chi connectivity index (χ1n) is 38.9. The minimum atomic E-state index is -0.660. The molecule has 0 radical (unpaired) electrons. The highest BCUT2D eigenvalue weighted by Gasteiger charge is 2.20. The first kappa shape index (κ1) is 82.6. The van der Waals surface area contributed by atoms with Crippen LogP contribution in [0.15, 0.2) is 12.2 Å². The third-order valence-corrected chi connectivity index (χ3v) is 18.6. The van der Waals surface area contributed by atoms with Crippen LogP contribution in [0.3, 0.4) is 0 Å². The Morgan fingerprint density at radius 2 is 0.560 bits per heavy atom. The first-order valence-corrected chi connectivity index (χ1v) is 38.9. The van der Waals surface area contributed by atoms with E-state index < -0.39 is 12.1 Å². The minimum absolute atomic E-state index is 0.0258. The van der Waals surface area contributed by atoms with Crippen molar-refractivity contribution in [2.75, 3.05) is 13.2 Å². The van der Waals surface area contributed by atoms with E-state index in [4.69, 9.17) is 4.74 Å². The maximum absolute atomic E-state index is 12.5. The van der Waals surface area contributed by atoms with Gasteiger partial charge in [0.25, 0.3) is 0 Å². The van der Waals surface area contributed by atoms with Gasteiger partial charge in [-0.2, -0.15) is 0 Å². The molecule has 6 heteroatoms. The Kier molecular flexibility index (Phi) is 72.8. The van der Waals surface area contributed by atoms with Crippen molar-refractivity contribution < 1.29 is 24.5 Å². The van der Waals surface area contributed by atoms with Gasteiger partial charge in [0.2, 0.25) is 5.91 Å². The second kappa shape index (κ2) is 74.1. The Balaban J connectivity index is 3.30. The third kappa shape index (κ3) is 69.7. The van der Waals surface area contributed by atoms with Crippen LogP contribution >= 0.6 is 0 Å². The standard InChI is InChI=1S/C78H153NO5/c1-3-5-7-9-11-13-15-17-46-50-54-58-62-66-70-76(81)75(74-80)79-77(82)71-67-63-59-55-51-47-44-42-40-38-36-34-32-30-28-26-24-22-20-19-21-23-25-27-29-31-33-35-37-39-41-43-45-49-53-57-61-65-69-73-84-78(83)72-68-64-60-56-52-48-18-16-14-12-10-8-6-4-2/h19-20,75-76,80-81H,3-18,21-74H2,1-2H3,(H,79,82)/b20-19-. The number of nitrogens with one attached hydrogen (secondary N) is 1. The molecule has 0 saturated carbocycles. The summed E-state index contributed by atoms with van der Waals surface area (Å²) in [6.07, 6.45) is 93.1. The van der Waals surface area contributed by atoms with Gasteiger partial charge in [-0.05, 0) is 51.4 Å². The topological polar surface area (TPSA) is 95.9 Å². The van der Waals surface area contributed by atoms with Crippen molar-refractivity contribution in [1.82, 2.24) is 5.32 Å². The van der Waals surface area contributed by atoms with E-state index in [1.54, 1.807) is 0 Å². The number of unbranched alkanes of at least 4 members (excludes halogenated alkanes) is 61. The molecule has 0 rings (SSSR count). The lowest BCUT2D eigenvalue weighted by molar-refractivity contribution is -0.143. The molecule has 0 aliphatic heterocycles. The average Bonchev–Trinajstić information content (AvgIpc) is 3.52. The number of esters is 1. The molecular formula is C78H153NO5. The van der Waals surface area contributed by atoms with E-state index in [9.17, 15) is 19.8 Å². The SMILES string of the molecule is CCCCCCCCCCCCCCCCC(=O)OCCCCCCCCCCCCCCCCCCCC/C=C\CCCCCCCCCCCCCCCCCCCC(=O)NC(CO)C(O)CCCCCCCCCCCCCCCC. The Bertz CT molecular complexity index is 1270. The summed E-state index contributed by atoms with van der Waals surface area (Å²) in [7, 11) is 0. The van der Waals surface area contributed by atoms with Crippen LogP contribution in [0.4, 0.5) is 0 Å². The molecule has 0 aliphatic rings. The van der Waals surface area contributed by atoms with Gasteiger partial charge >= 0.3 is 5.97 Å². The molecule has 0 aromatic heterocycles. The highest BCUT2D eigenvalue weighted by Crippen LogP contribution is 2.20. The van der Waals surface area contributed by atoms with Gasteiger partial charge in [0.1, 0.15) is 0 Å². The molecule has 0 aromatic rings. The quantitative estimate of drug-likeness (QED) is 0.0320. The van der Waals surface area contributed by atoms with Crippen molar-refractivity contribution in [3.8, 4) is 0 Å². The molecule has 2 atom stereocenters. The van der Waals surface area contributed by atoms with Crippen molar-refractivity contribution >= 4 is 11.9 Å². The summed E-state index contributed by atoms with van der Waals surface area (Å²) in [5, 5.41) is 23.3. The van der Waals surface area contributed by atoms with Crippen molar-refractivity contribution in [2.24, 2.45) is 0 Å². The molecule has 3 N–H and O–H groups in total. The lowest BCUT2D eigenvalue weighted by Gasteiger charge is -2.22. The number of ether oxygens (including phenoxy) is 1. The van der Waals surface area contributed by atoms with Gasteiger partial charge in [0, 0.05) is 12.8 Å². The van der Waals surface area contributed by atoms with Crippen LogP contribution in [0, 0.1) is 0 Å². The van der Waals surface area contributed by atoms with Gasteiger partial charge < -0.3 is 20.3 Å². The molecule has 0 bridgehead atoms. The van der Waals surface area contributed by atoms with E-state index in [2.05, 4.69) is 31.3 Å². The highest BCUT2D eigenvalue weighted by atomic mass is 16.5. The van der Waals surface area contributed by atoms with Gasteiger partial charge in [-0.25, -0.2) is 0 Å². The van der Waals surface area contributed by atoms with Crippen LogP contribution in [0.5, 0.6) is 0 Å². The normalized spacial score (nSPS) is 12.5. The number of allylic oxidation sites excluding steroid dienone is 2. The smallest absolute Gasteiger partial charge is 0.305 e. The molecule has 0 aliphatic carbocycles. The number of hydrogen-bond acceptors (Lipinski definition) is 5. The van der Waals surface area contributed by atoms with Gasteiger partial charge in [0.05, 0.1) is 25.4 Å². The number of aliphatic hydroxyl groups excluding tert-OH is 2. The molecule has 6 nitrogen and oxygen atoms in total. The fourth-order valence-corrected chi connectivity index (χ4v) is 12.6. The second-order valence-electron chi connectivity index (χ2n) is 27.0. The molecule has 500 valence electrons. The van der Waals surface area contributed by atoms with Crippen molar-refractivity contribution in [1.29, 1.82) is 0 Å². The second-order valence-corrected chi connectivity index (χ2v) is 27.0. The molecule has 1 amide bonds. The van der Waals surface area contributed by atoms with Crippen molar-refractivity contribution in [2.45, 2.75) is 463 Å². The Hall–Kier alpha value is -1.40. The third-order valence-electron chi connectivity index (χ3n) is 18.6. The zero-order chi connectivity index (χ0) is 60.6. The summed E-state index contributed by atoms with van der Waals surface area (Å²) < 4.78 is 5.50. The van der Waals surface area contributed by atoms with E-state index >= 15 is 0 Å². The Morgan fingerprint density at radius 3 is 0.845 bits per heavy atom. The predicted molar refractivity (Wildman–Crippen MR) is 370 cm³/mol. The van der Waals surface area contributed by atoms with E-state index in [1.807, 2.05) is 0 Å². The summed E-state index contributed by atoms with van der Waals surface area (Å²) in [4.78, 5) is 24.6. The fraction of sp³-hybridized carbons (Fsp3) is 0.949. The van der Waals surface area contributed by atoms with Crippen LogP contribution in [0.25, 0.3) is 0 Å². The van der Waals surface area contributed by atoms with Crippen molar-refractivity contribution in [3.63, 3.8) is 0 Å². The Morgan fingerprint density at radius 1 is 0.321 bits per heavy atom. The molecule has 0 saturated heterocycles. The van der Waals surface area contributed by atoms with Crippen LogP contribution in [-0.2, 0) is 14.3 Å². The number of aliphatic hydroxyl groups is 2. The number of rotatable bonds is 74. The van der Waals surface area contributed by atoms with Crippen molar-refractivity contribution in [3.05, 3.63) is 12.2 Å². The average molecular weight is 1190 g/mol. The monoisotopic (exact) mass is 1180 g/mol. The largest absolute Gasteiger partial charge is 0.466 e. The number of carbonyl (C=O) groups excluding carboxylic acids is 2.